The highest BCUT2D eigenvalue weighted by molar-refractivity contribution is 7.80. The highest BCUT2D eigenvalue weighted by atomic mass is 32.3. The van der Waals surface area contributed by atoms with Crippen molar-refractivity contribution in [3.05, 3.63) is 23.3 Å². The summed E-state index contributed by atoms with van der Waals surface area (Å²) in [6.45, 7) is 12.4. The number of aliphatic hydroxyl groups excluding tert-OH is 14. The van der Waals surface area contributed by atoms with Crippen molar-refractivity contribution in [2.24, 2.45) is 34.5 Å². The van der Waals surface area contributed by atoms with Gasteiger partial charge >= 0.3 is 10.4 Å². The Morgan fingerprint density at radius 2 is 1.14 bits per heavy atom. The molecule has 4 aliphatic carbocycles. The highest BCUT2D eigenvalue weighted by Gasteiger charge is 2.64. The maximum atomic E-state index is 12.5. The Balaban J connectivity index is 0.892. The van der Waals surface area contributed by atoms with Gasteiger partial charge in [0, 0.05) is 0 Å². The summed E-state index contributed by atoms with van der Waals surface area (Å²) in [5, 5.41) is 168. The van der Waals surface area contributed by atoms with Crippen molar-refractivity contribution in [3.63, 3.8) is 0 Å². The Morgan fingerprint density at radius 1 is 0.591 bits per heavy atom. The van der Waals surface area contributed by atoms with E-state index in [1.54, 1.807) is 0 Å². The molecule has 3 saturated carbocycles. The van der Waals surface area contributed by atoms with Gasteiger partial charge in [-0.3, -0.25) is 4.55 Å². The SMILES string of the molecule is CC(C)=CCC[C@](C)(O)[C@H]1CC[C@H]2C3C[C@H](OC4OC(C)C(O)C(OC5OCC(OC6OC(C)C(O)C(O)C6OC6OCC(O)C(OC7OC(CO)C(O)C(O)C7O)C6O)C(O)C5OC5OC(C)C(O)C(O)C5O)C4O)[C@H]4C[C@@H](OS(=O)(=O)O)CC[C@]4(C)C3=CC[C@@]21C. The van der Waals surface area contributed by atoms with Gasteiger partial charge in [-0.15, -0.1) is 0 Å². The predicted octanol–water partition coefficient (Wildman–Crippen LogP) is -3.47. The van der Waals surface area contributed by atoms with Gasteiger partial charge in [0.05, 0.1) is 55.9 Å². The summed E-state index contributed by atoms with van der Waals surface area (Å²) in [6.07, 6.45) is -41.0. The van der Waals surface area contributed by atoms with Gasteiger partial charge in [-0.1, -0.05) is 37.1 Å². The molecule has 32 heteroatoms. The lowest BCUT2D eigenvalue weighted by molar-refractivity contribution is -0.398. The Bertz CT molecular complexity index is 2670. The van der Waals surface area contributed by atoms with Crippen molar-refractivity contribution >= 4 is 10.4 Å². The summed E-state index contributed by atoms with van der Waals surface area (Å²) in [6, 6.07) is 0. The van der Waals surface area contributed by atoms with E-state index >= 15 is 0 Å². The molecule has 0 radical (unpaired) electrons. The summed E-state index contributed by atoms with van der Waals surface area (Å²) >= 11 is 0. The van der Waals surface area contributed by atoms with Gasteiger partial charge in [0.25, 0.3) is 0 Å². The average Bonchev–Trinajstić information content (AvgIpc) is 1.69. The second-order valence-corrected chi connectivity index (χ2v) is 29.6. The molecule has 0 amide bonds. The molecule has 10 rings (SSSR count). The minimum Gasteiger partial charge on any atom is -0.394 e. The van der Waals surface area contributed by atoms with Gasteiger partial charge < -0.3 is 133 Å². The van der Waals surface area contributed by atoms with Crippen LogP contribution in [0.25, 0.3) is 0 Å². The van der Waals surface area contributed by atoms with Crippen molar-refractivity contribution in [2.45, 2.75) is 303 Å². The first-order chi connectivity index (χ1) is 43.6. The zero-order valence-electron chi connectivity index (χ0n) is 53.5. The summed E-state index contributed by atoms with van der Waals surface area (Å²) < 4.78 is 112. The van der Waals surface area contributed by atoms with Crippen LogP contribution in [0.3, 0.4) is 0 Å². The van der Waals surface area contributed by atoms with Crippen LogP contribution in [-0.4, -0.2) is 299 Å². The van der Waals surface area contributed by atoms with Crippen LogP contribution in [0.15, 0.2) is 23.3 Å². The van der Waals surface area contributed by atoms with Gasteiger partial charge in [-0.05, 0) is 134 Å². The summed E-state index contributed by atoms with van der Waals surface area (Å²) in [5.74, 6) is -0.534. The lowest BCUT2D eigenvalue weighted by atomic mass is 9.47. The molecule has 29 unspecified atom stereocenters. The summed E-state index contributed by atoms with van der Waals surface area (Å²) in [5.41, 5.74) is 0.434. The number of hydrogen-bond donors (Lipinski definition) is 16. The summed E-state index contributed by atoms with van der Waals surface area (Å²) in [7, 11) is -4.88. The number of allylic oxidation sites excluding steroid dienone is 4. The third-order valence-electron chi connectivity index (χ3n) is 22.0. The van der Waals surface area contributed by atoms with E-state index in [1.807, 2.05) is 20.8 Å². The van der Waals surface area contributed by atoms with E-state index in [1.165, 1.54) is 26.3 Å². The molecular formula is C61H100O31S. The molecule has 0 aromatic heterocycles. The van der Waals surface area contributed by atoms with Crippen molar-refractivity contribution in [3.8, 4) is 0 Å². The van der Waals surface area contributed by atoms with Crippen molar-refractivity contribution in [1.82, 2.24) is 0 Å². The van der Waals surface area contributed by atoms with Crippen LogP contribution < -0.4 is 0 Å². The quantitative estimate of drug-likeness (QED) is 0.0441. The molecule has 93 heavy (non-hydrogen) atoms. The van der Waals surface area contributed by atoms with E-state index in [0.29, 0.717) is 25.7 Å². The number of ether oxygens (including phenoxy) is 12. The number of fused-ring (bicyclic) bond motifs is 5. The van der Waals surface area contributed by atoms with Crippen LogP contribution in [0.1, 0.15) is 113 Å². The predicted molar refractivity (Wildman–Crippen MR) is 312 cm³/mol. The molecule has 6 heterocycles. The van der Waals surface area contributed by atoms with E-state index in [0.717, 1.165) is 24.8 Å². The molecule has 10 aliphatic rings. The fraction of sp³-hybridized carbons (Fsp3) is 0.934. The third kappa shape index (κ3) is 14.9. The Hall–Kier alpha value is -1.73. The topological polar surface area (TPSA) is 478 Å². The van der Waals surface area contributed by atoms with Crippen LogP contribution in [0.5, 0.6) is 0 Å². The molecule has 6 aliphatic heterocycles. The fourth-order valence-corrected chi connectivity index (χ4v) is 17.3. The van der Waals surface area contributed by atoms with Crippen LogP contribution in [-0.2, 0) is 71.4 Å². The van der Waals surface area contributed by atoms with Gasteiger partial charge in [0.15, 0.2) is 37.7 Å². The van der Waals surface area contributed by atoms with E-state index in [2.05, 4.69) is 26.0 Å². The number of aliphatic hydroxyl groups is 15. The Morgan fingerprint density at radius 3 is 1.80 bits per heavy atom. The average molecular weight is 1360 g/mol. The monoisotopic (exact) mass is 1360 g/mol. The highest BCUT2D eigenvalue weighted by Crippen LogP contribution is 2.67. The minimum atomic E-state index is -4.88. The largest absolute Gasteiger partial charge is 0.397 e. The zero-order chi connectivity index (χ0) is 67.9. The van der Waals surface area contributed by atoms with Gasteiger partial charge in [0.2, 0.25) is 0 Å². The molecule has 6 saturated heterocycles. The first kappa shape index (κ1) is 74.0. The van der Waals surface area contributed by atoms with Gasteiger partial charge in [0.1, 0.15) is 116 Å². The van der Waals surface area contributed by atoms with Crippen molar-refractivity contribution < 1.29 is 151 Å². The second kappa shape index (κ2) is 29.1. The maximum Gasteiger partial charge on any atom is 0.397 e. The molecule has 0 bridgehead atoms. The van der Waals surface area contributed by atoms with Crippen LogP contribution in [0.4, 0.5) is 0 Å². The zero-order valence-corrected chi connectivity index (χ0v) is 54.3. The normalized spacial score (nSPS) is 52.0. The molecule has 37 atom stereocenters. The second-order valence-electron chi connectivity index (χ2n) is 28.5. The van der Waals surface area contributed by atoms with E-state index in [9.17, 15) is 89.6 Å². The molecule has 536 valence electrons. The molecule has 0 spiro atoms. The third-order valence-corrected chi connectivity index (χ3v) is 22.5. The van der Waals surface area contributed by atoms with E-state index in [-0.39, 0.29) is 36.0 Å². The van der Waals surface area contributed by atoms with Gasteiger partial charge in [-0.2, -0.15) is 8.42 Å². The summed E-state index contributed by atoms with van der Waals surface area (Å²) in [4.78, 5) is 0. The van der Waals surface area contributed by atoms with E-state index in [4.69, 9.17) is 61.0 Å². The first-order valence-corrected chi connectivity index (χ1v) is 33.9. The van der Waals surface area contributed by atoms with E-state index < -0.39 is 231 Å². The minimum absolute atomic E-state index is 0.0473. The number of rotatable bonds is 19. The molecular weight excluding hydrogens is 1260 g/mol. The number of hydrogen-bond acceptors (Lipinski definition) is 30. The lowest BCUT2D eigenvalue weighted by Gasteiger charge is -2.60. The Kier molecular flexibility index (Phi) is 23.1. The standard InChI is InChI=1S/C61H100O31S/c1-23(2)10-9-15-61(8,76)36-12-11-29-28-19-33(31-18-27(92-93(77,78)79)13-16-59(31,6)30(28)14-17-60(29,36)7)85-56-48(75)50(39(66)26(5)83-56)89-57-51(91-54-45(72)42(69)37(64)24(3)82-54)41(68)35(22-81-57)87-58-52(44(71)38(65)25(4)84-58)90-53-47(74)49(32(63)21-80-53)88-55-46(73)43(70)40(67)34(20-62)86-55/h10,14,24-29,31-58,62-76H,9,11-13,15-22H2,1-8H3,(H,77,78,79)/t24?,25?,26?,27-,28?,29-,31+,32?,33-,34?,35?,36-,37?,38?,39?,40?,41?,42?,43?,44?,45?,46?,47?,48?,49?,50?,51?,52?,53?,54?,55?,56?,57?,58?,59+,60-,61-/m0/s1. The fourth-order valence-electron chi connectivity index (χ4n) is 16.8. The van der Waals surface area contributed by atoms with Gasteiger partial charge in [-0.25, -0.2) is 4.18 Å². The lowest BCUT2D eigenvalue weighted by Crippen LogP contribution is -2.67. The molecule has 0 aromatic carbocycles. The molecule has 9 fully saturated rings. The van der Waals surface area contributed by atoms with Crippen molar-refractivity contribution in [1.29, 1.82) is 0 Å². The van der Waals surface area contributed by atoms with Crippen LogP contribution >= 0.6 is 0 Å². The molecule has 0 aromatic rings. The van der Waals surface area contributed by atoms with Crippen LogP contribution in [0, 0.1) is 34.5 Å². The van der Waals surface area contributed by atoms with Crippen molar-refractivity contribution in [2.75, 3.05) is 19.8 Å². The smallest absolute Gasteiger partial charge is 0.394 e. The first-order valence-electron chi connectivity index (χ1n) is 32.5. The molecule has 16 N–H and O–H groups in total. The maximum absolute atomic E-state index is 12.5. The Labute approximate surface area is 539 Å². The molecule has 31 nitrogen and oxygen atoms in total. The van der Waals surface area contributed by atoms with Crippen LogP contribution in [0.2, 0.25) is 0 Å².